The molecule has 0 spiro atoms. The van der Waals surface area contributed by atoms with Gasteiger partial charge in [0.05, 0.1) is 14.2 Å². The number of allylic oxidation sites excluding steroid dienone is 2. The van der Waals surface area contributed by atoms with E-state index < -0.39 is 22.8 Å². The molecule has 2 atom stereocenters. The van der Waals surface area contributed by atoms with Crippen LogP contribution in [0.4, 0.5) is 0 Å². The van der Waals surface area contributed by atoms with Crippen molar-refractivity contribution in [2.24, 2.45) is 10.8 Å². The number of hydrogen-bond acceptors (Lipinski definition) is 4. The molecule has 1 aliphatic carbocycles. The highest BCUT2D eigenvalue weighted by molar-refractivity contribution is 5.91. The zero-order valence-corrected chi connectivity index (χ0v) is 9.94. The van der Waals surface area contributed by atoms with Gasteiger partial charge >= 0.3 is 11.9 Å². The number of methoxy groups -OCH3 is 2. The van der Waals surface area contributed by atoms with Crippen LogP contribution in [-0.2, 0) is 19.1 Å². The summed E-state index contributed by atoms with van der Waals surface area (Å²) < 4.78 is 9.50. The van der Waals surface area contributed by atoms with E-state index in [1.54, 1.807) is 38.2 Å². The molecule has 0 saturated heterocycles. The maximum Gasteiger partial charge on any atom is 0.316 e. The molecule has 0 aromatic carbocycles. The Hall–Kier alpha value is -1.58. The first-order chi connectivity index (χ1) is 7.42. The molecule has 0 aliphatic heterocycles. The van der Waals surface area contributed by atoms with Crippen molar-refractivity contribution in [2.45, 2.75) is 13.8 Å². The van der Waals surface area contributed by atoms with Crippen molar-refractivity contribution in [3.63, 3.8) is 0 Å². The van der Waals surface area contributed by atoms with Crippen molar-refractivity contribution in [1.82, 2.24) is 0 Å². The molecule has 1 aliphatic rings. The van der Waals surface area contributed by atoms with E-state index in [-0.39, 0.29) is 0 Å². The van der Waals surface area contributed by atoms with Gasteiger partial charge in [0.15, 0.2) is 0 Å². The summed E-state index contributed by atoms with van der Waals surface area (Å²) in [5.41, 5.74) is -2.08. The standard InChI is InChI=1S/C12H16O4/c1-11(9(13)15-3)7-5-6-8-12(11,2)10(14)16-4/h5-8H,1-4H3/t11-,12-/m0/s1. The molecule has 0 aromatic heterocycles. The lowest BCUT2D eigenvalue weighted by atomic mass is 9.63. The molecule has 0 aromatic rings. The van der Waals surface area contributed by atoms with Gasteiger partial charge in [-0.25, -0.2) is 0 Å². The quantitative estimate of drug-likeness (QED) is 0.666. The van der Waals surface area contributed by atoms with Gasteiger partial charge in [0, 0.05) is 0 Å². The molecule has 0 fully saturated rings. The predicted molar refractivity (Wildman–Crippen MR) is 58.5 cm³/mol. The molecule has 0 radical (unpaired) electrons. The fourth-order valence-electron chi connectivity index (χ4n) is 1.83. The van der Waals surface area contributed by atoms with Crippen molar-refractivity contribution in [2.75, 3.05) is 14.2 Å². The van der Waals surface area contributed by atoms with Gasteiger partial charge in [-0.05, 0) is 13.8 Å². The number of rotatable bonds is 2. The molecule has 0 heterocycles. The molecule has 4 heteroatoms. The van der Waals surface area contributed by atoms with E-state index in [0.717, 1.165) is 0 Å². The van der Waals surface area contributed by atoms with E-state index in [2.05, 4.69) is 0 Å². The van der Waals surface area contributed by atoms with E-state index in [1.807, 2.05) is 0 Å². The Morgan fingerprint density at radius 3 is 1.44 bits per heavy atom. The third-order valence-corrected chi connectivity index (χ3v) is 3.27. The molecular formula is C12H16O4. The van der Waals surface area contributed by atoms with Crippen LogP contribution >= 0.6 is 0 Å². The monoisotopic (exact) mass is 224 g/mol. The summed E-state index contributed by atoms with van der Waals surface area (Å²) in [6.07, 6.45) is 6.77. The number of carbonyl (C=O) groups is 2. The summed E-state index contributed by atoms with van der Waals surface area (Å²) in [4.78, 5) is 23.6. The van der Waals surface area contributed by atoms with E-state index in [0.29, 0.717) is 0 Å². The van der Waals surface area contributed by atoms with Crippen molar-refractivity contribution >= 4 is 11.9 Å². The molecule has 0 N–H and O–H groups in total. The minimum absolute atomic E-state index is 0.457. The van der Waals surface area contributed by atoms with Gasteiger partial charge in [0.25, 0.3) is 0 Å². The van der Waals surface area contributed by atoms with Crippen LogP contribution in [0.25, 0.3) is 0 Å². The number of esters is 2. The summed E-state index contributed by atoms with van der Waals surface area (Å²) in [6, 6.07) is 0. The van der Waals surface area contributed by atoms with Gasteiger partial charge in [-0.3, -0.25) is 9.59 Å². The minimum atomic E-state index is -1.04. The average molecular weight is 224 g/mol. The van der Waals surface area contributed by atoms with E-state index >= 15 is 0 Å². The molecule has 0 amide bonds. The normalized spacial score (nSPS) is 32.2. The fourth-order valence-corrected chi connectivity index (χ4v) is 1.83. The van der Waals surface area contributed by atoms with E-state index in [1.165, 1.54) is 14.2 Å². The second-order valence-electron chi connectivity index (χ2n) is 4.11. The average Bonchev–Trinajstić information content (AvgIpc) is 2.30. The van der Waals surface area contributed by atoms with Crippen molar-refractivity contribution in [3.8, 4) is 0 Å². The molecule has 0 saturated carbocycles. The first-order valence-corrected chi connectivity index (χ1v) is 4.96. The Kier molecular flexibility index (Phi) is 3.21. The second kappa shape index (κ2) is 4.12. The Morgan fingerprint density at radius 1 is 0.875 bits per heavy atom. The SMILES string of the molecule is COC(=O)[C@]1(C)C=CC=C[C@@]1(C)C(=O)OC. The van der Waals surface area contributed by atoms with Crippen LogP contribution in [0.2, 0.25) is 0 Å². The highest BCUT2D eigenvalue weighted by Crippen LogP contribution is 2.45. The molecule has 4 nitrogen and oxygen atoms in total. The highest BCUT2D eigenvalue weighted by atomic mass is 16.5. The summed E-state index contributed by atoms with van der Waals surface area (Å²) in [7, 11) is 2.61. The maximum atomic E-state index is 11.8. The van der Waals surface area contributed by atoms with E-state index in [9.17, 15) is 9.59 Å². The van der Waals surface area contributed by atoms with Gasteiger partial charge < -0.3 is 9.47 Å². The molecule has 1 rings (SSSR count). The summed E-state index contributed by atoms with van der Waals surface area (Å²) >= 11 is 0. The molecule has 16 heavy (non-hydrogen) atoms. The molecule has 88 valence electrons. The smallest absolute Gasteiger partial charge is 0.316 e. The van der Waals surface area contributed by atoms with Crippen LogP contribution in [0.5, 0.6) is 0 Å². The van der Waals surface area contributed by atoms with Gasteiger partial charge in [0.1, 0.15) is 10.8 Å². The van der Waals surface area contributed by atoms with Gasteiger partial charge in [-0.1, -0.05) is 24.3 Å². The summed E-state index contributed by atoms with van der Waals surface area (Å²) in [6.45, 7) is 3.32. The van der Waals surface area contributed by atoms with Crippen LogP contribution < -0.4 is 0 Å². The lowest BCUT2D eigenvalue weighted by Gasteiger charge is -2.39. The Balaban J connectivity index is 3.25. The zero-order chi connectivity index (χ0) is 12.4. The van der Waals surface area contributed by atoms with E-state index in [4.69, 9.17) is 9.47 Å². The second-order valence-corrected chi connectivity index (χ2v) is 4.11. The Labute approximate surface area is 94.9 Å². The predicted octanol–water partition coefficient (Wildman–Crippen LogP) is 1.47. The van der Waals surface area contributed by atoms with Gasteiger partial charge in [0.2, 0.25) is 0 Å². The Morgan fingerprint density at radius 2 is 1.19 bits per heavy atom. The van der Waals surface area contributed by atoms with Crippen LogP contribution in [-0.4, -0.2) is 26.2 Å². The van der Waals surface area contributed by atoms with Crippen molar-refractivity contribution in [3.05, 3.63) is 24.3 Å². The first-order valence-electron chi connectivity index (χ1n) is 4.96. The lowest BCUT2D eigenvalue weighted by molar-refractivity contribution is -0.167. The van der Waals surface area contributed by atoms with Crippen molar-refractivity contribution < 1.29 is 19.1 Å². The molecular weight excluding hydrogens is 208 g/mol. The number of ether oxygens (including phenoxy) is 2. The van der Waals surface area contributed by atoms with Gasteiger partial charge in [-0.15, -0.1) is 0 Å². The zero-order valence-electron chi connectivity index (χ0n) is 9.94. The van der Waals surface area contributed by atoms with Crippen LogP contribution in [0, 0.1) is 10.8 Å². The topological polar surface area (TPSA) is 52.6 Å². The van der Waals surface area contributed by atoms with Crippen LogP contribution in [0.1, 0.15) is 13.8 Å². The highest BCUT2D eigenvalue weighted by Gasteiger charge is 2.54. The fraction of sp³-hybridized carbons (Fsp3) is 0.500. The number of carbonyl (C=O) groups excluding carboxylic acids is 2. The third kappa shape index (κ3) is 1.54. The van der Waals surface area contributed by atoms with Crippen molar-refractivity contribution in [1.29, 1.82) is 0 Å². The largest absolute Gasteiger partial charge is 0.468 e. The first kappa shape index (κ1) is 12.5. The lowest BCUT2D eigenvalue weighted by Crippen LogP contribution is -2.48. The van der Waals surface area contributed by atoms with Crippen LogP contribution in [0.15, 0.2) is 24.3 Å². The minimum Gasteiger partial charge on any atom is -0.468 e. The summed E-state index contributed by atoms with van der Waals surface area (Å²) in [5, 5.41) is 0. The molecule has 0 unspecified atom stereocenters. The van der Waals surface area contributed by atoms with Gasteiger partial charge in [-0.2, -0.15) is 0 Å². The molecule has 0 bridgehead atoms. The number of hydrogen-bond donors (Lipinski definition) is 0. The third-order valence-electron chi connectivity index (χ3n) is 3.27. The van der Waals surface area contributed by atoms with Crippen LogP contribution in [0.3, 0.4) is 0 Å². The summed E-state index contributed by atoms with van der Waals surface area (Å²) in [5.74, 6) is -0.915. The maximum absolute atomic E-state index is 11.8. The Bertz CT molecular complexity index is 333.